The Morgan fingerprint density at radius 1 is 1.28 bits per heavy atom. The van der Waals surface area contributed by atoms with E-state index in [4.69, 9.17) is 21.7 Å². The average molecular weight is 441 g/mol. The molecule has 0 amide bonds. The standard InChI is InChI=1S/C6H8O4.C5H14N2.Pt/c7-4(8)6(5(9)10)2-1-3-6;1-5(7)3-2-4-6;/h1-3H2,(H,7,8)(H,9,10);5H,2-4,6-7H2,1H3;/t;5-;/m.1./s1. The van der Waals surface area contributed by atoms with Crippen molar-refractivity contribution in [3.8, 4) is 0 Å². The first-order chi connectivity index (χ1) is 7.86. The van der Waals surface area contributed by atoms with Gasteiger partial charge in [-0.3, -0.25) is 9.59 Å². The summed E-state index contributed by atoms with van der Waals surface area (Å²) in [7, 11) is 0. The molecule has 0 aromatic heterocycles. The molecule has 1 rings (SSSR count). The molecule has 110 valence electrons. The van der Waals surface area contributed by atoms with E-state index in [0.29, 0.717) is 12.5 Å². The molecule has 0 saturated heterocycles. The fraction of sp³-hybridized carbons (Fsp3) is 0.818. The van der Waals surface area contributed by atoms with Gasteiger partial charge in [0.2, 0.25) is 0 Å². The maximum Gasteiger partial charge on any atom is 0.321 e. The van der Waals surface area contributed by atoms with Crippen molar-refractivity contribution in [2.45, 2.75) is 45.1 Å². The van der Waals surface area contributed by atoms with Crippen molar-refractivity contribution in [2.24, 2.45) is 16.9 Å². The Labute approximate surface area is 121 Å². The average Bonchev–Trinajstić information content (AvgIpc) is 2.12. The Balaban J connectivity index is 0. The van der Waals surface area contributed by atoms with Gasteiger partial charge in [0.1, 0.15) is 0 Å². The van der Waals surface area contributed by atoms with Crippen molar-refractivity contribution in [1.29, 1.82) is 0 Å². The second-order valence-electron chi connectivity index (χ2n) is 4.45. The summed E-state index contributed by atoms with van der Waals surface area (Å²) in [5.74, 6) is -2.41. The predicted octanol–water partition coefficient (Wildman–Crippen LogP) is 0.396. The number of hydrogen-bond acceptors (Lipinski definition) is 4. The van der Waals surface area contributed by atoms with E-state index in [2.05, 4.69) is 0 Å². The summed E-state index contributed by atoms with van der Waals surface area (Å²) in [4.78, 5) is 20.7. The summed E-state index contributed by atoms with van der Waals surface area (Å²) in [6, 6.07) is 0.323. The van der Waals surface area contributed by atoms with Crippen LogP contribution in [0.15, 0.2) is 0 Å². The van der Waals surface area contributed by atoms with Gasteiger partial charge in [-0.2, -0.15) is 0 Å². The third-order valence-electron chi connectivity index (χ3n) is 2.89. The van der Waals surface area contributed by atoms with Gasteiger partial charge in [-0.05, 0) is 45.6 Å². The van der Waals surface area contributed by atoms with E-state index in [1.807, 2.05) is 6.92 Å². The fourth-order valence-corrected chi connectivity index (χ4v) is 1.49. The van der Waals surface area contributed by atoms with Crippen LogP contribution >= 0.6 is 0 Å². The van der Waals surface area contributed by atoms with Crippen LogP contribution in [-0.2, 0) is 30.7 Å². The smallest absolute Gasteiger partial charge is 0.321 e. The Bertz CT molecular complexity index is 252. The molecule has 0 spiro atoms. The Morgan fingerprint density at radius 3 is 1.78 bits per heavy atom. The number of carboxylic acids is 2. The van der Waals surface area contributed by atoms with Crippen molar-refractivity contribution in [2.75, 3.05) is 6.54 Å². The fourth-order valence-electron chi connectivity index (χ4n) is 1.49. The van der Waals surface area contributed by atoms with Crippen molar-refractivity contribution >= 4 is 11.9 Å². The normalized spacial score (nSPS) is 17.3. The molecule has 0 aliphatic heterocycles. The van der Waals surface area contributed by atoms with Crippen LogP contribution in [0.4, 0.5) is 0 Å². The Hall–Kier alpha value is -0.452. The zero-order valence-electron chi connectivity index (χ0n) is 10.5. The molecular weight excluding hydrogens is 419 g/mol. The number of carboxylic acid groups (broad SMARTS) is 2. The minimum absolute atomic E-state index is 0. The van der Waals surface area contributed by atoms with E-state index >= 15 is 0 Å². The van der Waals surface area contributed by atoms with E-state index in [0.717, 1.165) is 19.4 Å². The third-order valence-corrected chi connectivity index (χ3v) is 2.89. The number of rotatable bonds is 5. The molecule has 0 unspecified atom stereocenters. The van der Waals surface area contributed by atoms with Crippen molar-refractivity contribution in [3.05, 3.63) is 0 Å². The quantitative estimate of drug-likeness (QED) is 0.458. The summed E-state index contributed by atoms with van der Waals surface area (Å²) >= 11 is 0. The van der Waals surface area contributed by atoms with Crippen LogP contribution in [0.5, 0.6) is 0 Å². The Kier molecular flexibility index (Phi) is 10.5. The van der Waals surface area contributed by atoms with E-state index in [1.165, 1.54) is 0 Å². The molecule has 6 nitrogen and oxygen atoms in total. The summed E-state index contributed by atoms with van der Waals surface area (Å²) < 4.78 is 0. The van der Waals surface area contributed by atoms with E-state index in [9.17, 15) is 9.59 Å². The maximum atomic E-state index is 10.4. The first kappa shape index (κ1) is 19.9. The van der Waals surface area contributed by atoms with Crippen molar-refractivity contribution in [3.63, 3.8) is 0 Å². The Morgan fingerprint density at radius 2 is 1.72 bits per heavy atom. The molecule has 6 N–H and O–H groups in total. The van der Waals surface area contributed by atoms with Gasteiger partial charge in [0.05, 0.1) is 0 Å². The zero-order chi connectivity index (χ0) is 13.5. The molecule has 0 bridgehead atoms. The number of aliphatic carboxylic acids is 2. The maximum absolute atomic E-state index is 10.4. The molecular formula is C11H22N2O4Pt. The molecule has 0 radical (unpaired) electrons. The molecule has 0 aromatic rings. The molecule has 1 saturated carbocycles. The van der Waals surface area contributed by atoms with Gasteiger partial charge in [0.15, 0.2) is 5.41 Å². The molecule has 0 heterocycles. The van der Waals surface area contributed by atoms with Crippen LogP contribution in [0.3, 0.4) is 0 Å². The first-order valence-electron chi connectivity index (χ1n) is 5.79. The second kappa shape index (κ2) is 9.47. The molecule has 1 atom stereocenters. The minimum Gasteiger partial charge on any atom is -0.480 e. The number of nitrogens with two attached hydrogens (primary N) is 2. The van der Waals surface area contributed by atoms with Gasteiger partial charge in [-0.1, -0.05) is 0 Å². The van der Waals surface area contributed by atoms with Crippen LogP contribution < -0.4 is 11.5 Å². The number of hydrogen-bond donors (Lipinski definition) is 4. The number of carbonyl (C=O) groups is 2. The van der Waals surface area contributed by atoms with Crippen LogP contribution in [0, 0.1) is 5.41 Å². The predicted molar refractivity (Wildman–Crippen MR) is 63.5 cm³/mol. The van der Waals surface area contributed by atoms with Gasteiger partial charge >= 0.3 is 11.9 Å². The van der Waals surface area contributed by atoms with Gasteiger partial charge in [0.25, 0.3) is 0 Å². The third kappa shape index (κ3) is 5.93. The van der Waals surface area contributed by atoms with Crippen LogP contribution in [-0.4, -0.2) is 34.7 Å². The largest absolute Gasteiger partial charge is 0.480 e. The molecule has 0 aromatic carbocycles. The van der Waals surface area contributed by atoms with Gasteiger partial charge in [-0.25, -0.2) is 0 Å². The van der Waals surface area contributed by atoms with Gasteiger partial charge in [-0.15, -0.1) is 0 Å². The summed E-state index contributed by atoms with van der Waals surface area (Å²) in [5.41, 5.74) is 9.20. The summed E-state index contributed by atoms with van der Waals surface area (Å²) in [5, 5.41) is 16.9. The van der Waals surface area contributed by atoms with E-state index < -0.39 is 17.4 Å². The SMILES string of the molecule is C[C@@H](N)CCCN.O=C(O)C1(C(=O)O)CCC1.[Pt]. The molecule has 1 fully saturated rings. The summed E-state index contributed by atoms with van der Waals surface area (Å²) in [6.45, 7) is 2.76. The molecule has 7 heteroatoms. The van der Waals surface area contributed by atoms with Gasteiger partial charge < -0.3 is 21.7 Å². The topological polar surface area (TPSA) is 127 Å². The van der Waals surface area contributed by atoms with Crippen LogP contribution in [0.25, 0.3) is 0 Å². The summed E-state index contributed by atoms with van der Waals surface area (Å²) in [6.07, 6.45) is 3.36. The van der Waals surface area contributed by atoms with Crippen molar-refractivity contribution < 1.29 is 40.9 Å². The van der Waals surface area contributed by atoms with Crippen LogP contribution in [0.2, 0.25) is 0 Å². The molecule has 1 aliphatic carbocycles. The molecule has 18 heavy (non-hydrogen) atoms. The molecule has 1 aliphatic rings. The van der Waals surface area contributed by atoms with E-state index in [-0.39, 0.29) is 33.9 Å². The monoisotopic (exact) mass is 441 g/mol. The van der Waals surface area contributed by atoms with Crippen LogP contribution in [0.1, 0.15) is 39.0 Å². The van der Waals surface area contributed by atoms with Crippen molar-refractivity contribution in [1.82, 2.24) is 0 Å². The van der Waals surface area contributed by atoms with E-state index in [1.54, 1.807) is 0 Å². The second-order valence-corrected chi connectivity index (χ2v) is 4.45. The zero-order valence-corrected chi connectivity index (χ0v) is 12.8. The minimum atomic E-state index is -1.44. The van der Waals surface area contributed by atoms with Gasteiger partial charge in [0, 0.05) is 27.1 Å². The first-order valence-corrected chi connectivity index (χ1v) is 5.79.